The Balaban J connectivity index is 2.01. The Morgan fingerprint density at radius 3 is 1.94 bits per heavy atom. The molecular weight excluding hydrogens is 394 g/mol. The van der Waals surface area contributed by atoms with Gasteiger partial charge in [0, 0.05) is 12.1 Å². The number of benzene rings is 1. The average Bonchev–Trinajstić information content (AvgIpc) is 2.79. The number of aryl methyl sites for hydroxylation is 1. The van der Waals surface area contributed by atoms with Gasteiger partial charge in [0.1, 0.15) is 0 Å². The van der Waals surface area contributed by atoms with Crippen molar-refractivity contribution in [2.24, 2.45) is 0 Å². The van der Waals surface area contributed by atoms with Gasteiger partial charge < -0.3 is 24.6 Å². The summed E-state index contributed by atoms with van der Waals surface area (Å²) in [5, 5.41) is 11.4. The van der Waals surface area contributed by atoms with E-state index in [4.69, 9.17) is 19.3 Å². The summed E-state index contributed by atoms with van der Waals surface area (Å²) in [7, 11) is 0. The van der Waals surface area contributed by atoms with Crippen molar-refractivity contribution < 1.29 is 24.1 Å². The van der Waals surface area contributed by atoms with E-state index < -0.39 is 0 Å². The Labute approximate surface area is 188 Å². The highest BCUT2D eigenvalue weighted by Crippen LogP contribution is 2.12. The van der Waals surface area contributed by atoms with E-state index in [1.807, 2.05) is 12.1 Å². The molecule has 178 valence electrons. The van der Waals surface area contributed by atoms with Crippen LogP contribution in [0.2, 0.25) is 0 Å². The van der Waals surface area contributed by atoms with Crippen LogP contribution in [0.15, 0.2) is 24.3 Å². The van der Waals surface area contributed by atoms with Crippen molar-refractivity contribution in [1.29, 1.82) is 0 Å². The van der Waals surface area contributed by atoms with Crippen LogP contribution in [0.5, 0.6) is 0 Å². The first-order valence-electron chi connectivity index (χ1n) is 12.0. The van der Waals surface area contributed by atoms with Crippen LogP contribution < -0.4 is 5.32 Å². The number of aliphatic hydroxyl groups excluding tert-OH is 1. The van der Waals surface area contributed by atoms with Crippen molar-refractivity contribution in [2.45, 2.75) is 64.7 Å². The molecule has 6 heteroatoms. The van der Waals surface area contributed by atoms with Gasteiger partial charge in [-0.05, 0) is 30.5 Å². The van der Waals surface area contributed by atoms with Gasteiger partial charge in [0.2, 0.25) is 0 Å². The molecule has 0 atom stereocenters. The molecule has 1 amide bonds. The number of amides is 1. The molecule has 2 N–H and O–H groups in total. The van der Waals surface area contributed by atoms with Crippen LogP contribution in [-0.4, -0.2) is 63.8 Å². The molecule has 1 rings (SSSR count). The number of unbranched alkanes of at least 4 members (excludes halogenated alkanes) is 7. The van der Waals surface area contributed by atoms with Crippen LogP contribution in [0.25, 0.3) is 0 Å². The summed E-state index contributed by atoms with van der Waals surface area (Å²) in [6.45, 7) is 5.44. The zero-order chi connectivity index (χ0) is 22.4. The number of hydrogen-bond acceptors (Lipinski definition) is 5. The summed E-state index contributed by atoms with van der Waals surface area (Å²) in [5.41, 5.74) is 1.98. The van der Waals surface area contributed by atoms with Crippen molar-refractivity contribution in [3.8, 4) is 0 Å². The molecule has 31 heavy (non-hydrogen) atoms. The summed E-state index contributed by atoms with van der Waals surface area (Å²) in [6.07, 6.45) is 11.7. The number of rotatable bonds is 21. The molecule has 0 saturated carbocycles. The smallest absolute Gasteiger partial charge is 0.251 e. The molecule has 0 aliphatic heterocycles. The lowest BCUT2D eigenvalue weighted by molar-refractivity contribution is 0.00825. The molecule has 0 saturated heterocycles. The number of hydrogen-bond donors (Lipinski definition) is 2. The van der Waals surface area contributed by atoms with Crippen LogP contribution >= 0.6 is 0 Å². The Morgan fingerprint density at radius 2 is 1.32 bits per heavy atom. The second kappa shape index (κ2) is 20.4. The minimum absolute atomic E-state index is 0.0261. The largest absolute Gasteiger partial charge is 0.394 e. The Bertz CT molecular complexity index is 535. The monoisotopic (exact) mass is 437 g/mol. The van der Waals surface area contributed by atoms with Gasteiger partial charge in [0.25, 0.3) is 5.91 Å². The fourth-order valence-corrected chi connectivity index (χ4v) is 3.23. The van der Waals surface area contributed by atoms with E-state index >= 15 is 0 Å². The van der Waals surface area contributed by atoms with Gasteiger partial charge in [-0.15, -0.1) is 0 Å². The number of carbonyl (C=O) groups excluding carboxylic acids is 1. The van der Waals surface area contributed by atoms with Gasteiger partial charge in [-0.1, -0.05) is 64.0 Å². The van der Waals surface area contributed by atoms with E-state index in [2.05, 4.69) is 24.4 Å². The van der Waals surface area contributed by atoms with E-state index in [1.54, 1.807) is 0 Å². The van der Waals surface area contributed by atoms with Gasteiger partial charge in [-0.3, -0.25) is 4.79 Å². The SMILES string of the molecule is CCCCCCCCCCc1ccc(C(=O)NCCOCCOCCOCCO)cc1. The topological polar surface area (TPSA) is 77.0 Å². The molecule has 0 bridgehead atoms. The highest BCUT2D eigenvalue weighted by atomic mass is 16.5. The Kier molecular flexibility index (Phi) is 18.2. The summed E-state index contributed by atoms with van der Waals surface area (Å²) in [5.74, 6) is -0.0699. The predicted octanol–water partition coefficient (Wildman–Crippen LogP) is 4.14. The fraction of sp³-hybridized carbons (Fsp3) is 0.720. The van der Waals surface area contributed by atoms with Crippen LogP contribution in [-0.2, 0) is 20.6 Å². The minimum atomic E-state index is -0.0699. The number of aliphatic hydroxyl groups is 1. The zero-order valence-corrected chi connectivity index (χ0v) is 19.4. The van der Waals surface area contributed by atoms with Crippen molar-refractivity contribution in [3.05, 3.63) is 35.4 Å². The van der Waals surface area contributed by atoms with E-state index in [0.29, 0.717) is 51.7 Å². The Morgan fingerprint density at radius 1 is 0.774 bits per heavy atom. The van der Waals surface area contributed by atoms with Crippen LogP contribution in [0.4, 0.5) is 0 Å². The summed E-state index contributed by atoms with van der Waals surface area (Å²) >= 11 is 0. The molecule has 0 aromatic heterocycles. The lowest BCUT2D eigenvalue weighted by Crippen LogP contribution is -2.27. The third-order valence-corrected chi connectivity index (χ3v) is 5.05. The fourth-order valence-electron chi connectivity index (χ4n) is 3.23. The van der Waals surface area contributed by atoms with Crippen molar-refractivity contribution >= 4 is 5.91 Å². The molecule has 0 fully saturated rings. The highest BCUT2D eigenvalue weighted by molar-refractivity contribution is 5.94. The van der Waals surface area contributed by atoms with Gasteiger partial charge in [0.05, 0.1) is 46.2 Å². The van der Waals surface area contributed by atoms with Gasteiger partial charge >= 0.3 is 0 Å². The quantitative estimate of drug-likeness (QED) is 0.283. The van der Waals surface area contributed by atoms with Gasteiger partial charge in [0.15, 0.2) is 0 Å². The predicted molar refractivity (Wildman–Crippen MR) is 125 cm³/mol. The first-order valence-corrected chi connectivity index (χ1v) is 12.0. The maximum atomic E-state index is 12.2. The molecule has 0 aliphatic carbocycles. The number of ether oxygens (including phenoxy) is 3. The van der Waals surface area contributed by atoms with E-state index in [0.717, 1.165) is 6.42 Å². The highest BCUT2D eigenvalue weighted by Gasteiger charge is 2.05. The zero-order valence-electron chi connectivity index (χ0n) is 19.4. The number of carbonyl (C=O) groups is 1. The van der Waals surface area contributed by atoms with Crippen molar-refractivity contribution in [1.82, 2.24) is 5.32 Å². The van der Waals surface area contributed by atoms with Crippen LogP contribution in [0.1, 0.15) is 74.2 Å². The maximum Gasteiger partial charge on any atom is 0.251 e. The first-order chi connectivity index (χ1) is 15.3. The molecule has 0 unspecified atom stereocenters. The third-order valence-electron chi connectivity index (χ3n) is 5.05. The maximum absolute atomic E-state index is 12.2. The molecule has 0 heterocycles. The summed E-state index contributed by atoms with van der Waals surface area (Å²) in [6, 6.07) is 7.94. The van der Waals surface area contributed by atoms with E-state index in [9.17, 15) is 4.79 Å². The van der Waals surface area contributed by atoms with Crippen LogP contribution in [0.3, 0.4) is 0 Å². The molecule has 6 nitrogen and oxygen atoms in total. The lowest BCUT2D eigenvalue weighted by atomic mass is 10.0. The second-order valence-electron chi connectivity index (χ2n) is 7.74. The third kappa shape index (κ3) is 15.9. The van der Waals surface area contributed by atoms with Gasteiger partial charge in [-0.25, -0.2) is 0 Å². The standard InChI is InChI=1S/C25H43NO5/c1-2-3-4-5-6-7-8-9-10-23-11-13-24(14-12-23)25(28)26-15-17-29-19-21-31-22-20-30-18-16-27/h11-14,27H,2-10,15-22H2,1H3,(H,26,28). The van der Waals surface area contributed by atoms with Crippen LogP contribution in [0, 0.1) is 0 Å². The minimum Gasteiger partial charge on any atom is -0.394 e. The molecule has 0 aliphatic rings. The van der Waals surface area contributed by atoms with Crippen molar-refractivity contribution in [3.63, 3.8) is 0 Å². The summed E-state index contributed by atoms with van der Waals surface area (Å²) in [4.78, 5) is 12.2. The normalized spacial score (nSPS) is 11.0. The molecule has 1 aromatic rings. The van der Waals surface area contributed by atoms with E-state index in [1.165, 1.54) is 56.9 Å². The first kappa shape index (κ1) is 27.6. The molecule has 0 radical (unpaired) electrons. The molecule has 1 aromatic carbocycles. The lowest BCUT2D eigenvalue weighted by Gasteiger charge is -2.08. The number of nitrogens with one attached hydrogen (secondary N) is 1. The molecular formula is C25H43NO5. The van der Waals surface area contributed by atoms with Gasteiger partial charge in [-0.2, -0.15) is 0 Å². The summed E-state index contributed by atoms with van der Waals surface area (Å²) < 4.78 is 15.9. The second-order valence-corrected chi connectivity index (χ2v) is 7.74. The molecule has 0 spiro atoms. The van der Waals surface area contributed by atoms with Crippen molar-refractivity contribution in [2.75, 3.05) is 52.8 Å². The average molecular weight is 438 g/mol. The van der Waals surface area contributed by atoms with E-state index in [-0.39, 0.29) is 12.5 Å². The Hall–Kier alpha value is -1.47.